The first kappa shape index (κ1) is 11.2. The van der Waals surface area contributed by atoms with Gasteiger partial charge in [0.2, 0.25) is 0 Å². The van der Waals surface area contributed by atoms with Crippen molar-refractivity contribution in [2.45, 2.75) is 43.4 Å². The number of likely N-dealkylation sites (N-methyl/N-ethyl adjacent to an activating group) is 1. The van der Waals surface area contributed by atoms with Crippen LogP contribution in [0.1, 0.15) is 49.1 Å². The van der Waals surface area contributed by atoms with Crippen LogP contribution in [0.15, 0.2) is 18.2 Å². The second-order valence-corrected chi connectivity index (χ2v) is 5.68. The molecule has 1 aromatic rings. The summed E-state index contributed by atoms with van der Waals surface area (Å²) in [5, 5.41) is 3.25. The number of hydrogen-bond acceptors (Lipinski definition) is 1. The fraction of sp³-hybridized carbons (Fsp3) is 0.600. The van der Waals surface area contributed by atoms with Gasteiger partial charge >= 0.3 is 0 Å². The van der Waals surface area contributed by atoms with Gasteiger partial charge in [-0.25, -0.2) is 4.39 Å². The Labute approximate surface area is 102 Å². The quantitative estimate of drug-likeness (QED) is 0.826. The normalized spacial score (nSPS) is 25.4. The molecule has 0 heterocycles. The molecule has 17 heavy (non-hydrogen) atoms. The Hall–Kier alpha value is -0.890. The molecule has 1 nitrogen and oxygen atoms in total. The summed E-state index contributed by atoms with van der Waals surface area (Å²) in [5.74, 6) is 0.420. The lowest BCUT2D eigenvalue weighted by Crippen LogP contribution is -2.20. The van der Waals surface area contributed by atoms with E-state index in [1.165, 1.54) is 43.2 Å². The second-order valence-electron chi connectivity index (χ2n) is 5.68. The summed E-state index contributed by atoms with van der Waals surface area (Å²) in [6.45, 7) is 0.970. The van der Waals surface area contributed by atoms with Gasteiger partial charge in [0.05, 0.1) is 0 Å². The molecular formula is C15H20FN. The second kappa shape index (κ2) is 4.09. The molecule has 1 unspecified atom stereocenters. The third-order valence-corrected chi connectivity index (χ3v) is 4.67. The van der Waals surface area contributed by atoms with Crippen LogP contribution in [0.4, 0.5) is 4.39 Å². The number of halogens is 1. The Morgan fingerprint density at radius 2 is 2.12 bits per heavy atom. The Morgan fingerprint density at radius 3 is 2.82 bits per heavy atom. The fourth-order valence-corrected chi connectivity index (χ4v) is 4.00. The molecule has 1 atom stereocenters. The van der Waals surface area contributed by atoms with Crippen LogP contribution >= 0.6 is 0 Å². The van der Waals surface area contributed by atoms with Crippen molar-refractivity contribution >= 4 is 0 Å². The molecule has 0 radical (unpaired) electrons. The van der Waals surface area contributed by atoms with Gasteiger partial charge in [-0.2, -0.15) is 0 Å². The predicted octanol–water partition coefficient (Wildman–Crippen LogP) is 3.34. The largest absolute Gasteiger partial charge is 0.319 e. The van der Waals surface area contributed by atoms with Gasteiger partial charge in [-0.05, 0) is 60.9 Å². The minimum absolute atomic E-state index is 0.0834. The van der Waals surface area contributed by atoms with Crippen molar-refractivity contribution < 1.29 is 4.39 Å². The Morgan fingerprint density at radius 1 is 1.35 bits per heavy atom. The van der Waals surface area contributed by atoms with Gasteiger partial charge in [0.1, 0.15) is 5.82 Å². The van der Waals surface area contributed by atoms with E-state index in [0.717, 1.165) is 6.54 Å². The molecule has 2 aliphatic carbocycles. The third-order valence-electron chi connectivity index (χ3n) is 4.67. The van der Waals surface area contributed by atoms with Crippen LogP contribution in [0.3, 0.4) is 0 Å². The van der Waals surface area contributed by atoms with Crippen LogP contribution < -0.4 is 5.32 Å². The highest BCUT2D eigenvalue weighted by Crippen LogP contribution is 2.54. The minimum Gasteiger partial charge on any atom is -0.319 e. The lowest BCUT2D eigenvalue weighted by molar-refractivity contribution is 0.404. The summed E-state index contributed by atoms with van der Waals surface area (Å²) in [7, 11) is 1.98. The molecule has 2 heteroatoms. The zero-order valence-corrected chi connectivity index (χ0v) is 10.4. The van der Waals surface area contributed by atoms with Crippen molar-refractivity contribution in [2.75, 3.05) is 13.6 Å². The highest BCUT2D eigenvalue weighted by molar-refractivity contribution is 5.43. The van der Waals surface area contributed by atoms with E-state index in [-0.39, 0.29) is 5.82 Å². The number of fused-ring (bicyclic) bond motifs is 2. The summed E-state index contributed by atoms with van der Waals surface area (Å²) in [6.07, 6.45) is 6.48. The van der Waals surface area contributed by atoms with Crippen LogP contribution in [0, 0.1) is 5.82 Å². The van der Waals surface area contributed by atoms with Crippen LogP contribution in [0.5, 0.6) is 0 Å². The average molecular weight is 233 g/mol. The minimum atomic E-state index is -0.0834. The summed E-state index contributed by atoms with van der Waals surface area (Å²) in [5.41, 5.74) is 3.09. The lowest BCUT2D eigenvalue weighted by Gasteiger charge is -2.24. The molecule has 0 aromatic heterocycles. The van der Waals surface area contributed by atoms with Crippen molar-refractivity contribution in [3.63, 3.8) is 0 Å². The van der Waals surface area contributed by atoms with E-state index in [2.05, 4.69) is 5.32 Å². The highest BCUT2D eigenvalue weighted by Gasteiger charge is 2.44. The lowest BCUT2D eigenvalue weighted by atomic mass is 9.80. The van der Waals surface area contributed by atoms with Crippen molar-refractivity contribution in [2.24, 2.45) is 0 Å². The molecule has 0 aliphatic heterocycles. The molecule has 0 saturated heterocycles. The van der Waals surface area contributed by atoms with Gasteiger partial charge in [-0.1, -0.05) is 18.9 Å². The zero-order chi connectivity index (χ0) is 11.9. The van der Waals surface area contributed by atoms with Crippen molar-refractivity contribution in [3.05, 3.63) is 35.1 Å². The molecule has 2 aliphatic rings. The third kappa shape index (κ3) is 1.70. The maximum Gasteiger partial charge on any atom is 0.123 e. The predicted molar refractivity (Wildman–Crippen MR) is 67.8 cm³/mol. The first-order valence-electron chi connectivity index (χ1n) is 6.70. The molecule has 1 aromatic carbocycles. The standard InChI is InChI=1S/C15H20FN/c1-17-10-11-9-15(6-2-3-7-15)14-5-4-12(16)8-13(11)14/h4-5,8,11,17H,2-3,6-7,9-10H2,1H3. The number of rotatable bonds is 2. The van der Waals surface area contributed by atoms with Gasteiger partial charge in [0.25, 0.3) is 0 Å². The van der Waals surface area contributed by atoms with E-state index in [1.807, 2.05) is 13.1 Å². The van der Waals surface area contributed by atoms with Crippen molar-refractivity contribution in [3.8, 4) is 0 Å². The van der Waals surface area contributed by atoms with Crippen LogP contribution in [-0.4, -0.2) is 13.6 Å². The maximum atomic E-state index is 13.4. The first-order chi connectivity index (χ1) is 8.25. The van der Waals surface area contributed by atoms with E-state index in [0.29, 0.717) is 11.3 Å². The zero-order valence-electron chi connectivity index (χ0n) is 10.4. The molecule has 3 rings (SSSR count). The maximum absolute atomic E-state index is 13.4. The summed E-state index contributed by atoms with van der Waals surface area (Å²) in [6, 6.07) is 5.46. The Balaban J connectivity index is 2.04. The molecule has 1 N–H and O–H groups in total. The summed E-state index contributed by atoms with van der Waals surface area (Å²) >= 11 is 0. The summed E-state index contributed by atoms with van der Waals surface area (Å²) < 4.78 is 13.4. The molecule has 1 fully saturated rings. The topological polar surface area (TPSA) is 12.0 Å². The van der Waals surface area contributed by atoms with Crippen molar-refractivity contribution in [1.82, 2.24) is 5.32 Å². The van der Waals surface area contributed by atoms with E-state index >= 15 is 0 Å². The van der Waals surface area contributed by atoms with Gasteiger partial charge in [-0.3, -0.25) is 0 Å². The van der Waals surface area contributed by atoms with Crippen LogP contribution in [0.25, 0.3) is 0 Å². The van der Waals surface area contributed by atoms with E-state index in [4.69, 9.17) is 0 Å². The number of hydrogen-bond donors (Lipinski definition) is 1. The molecule has 1 saturated carbocycles. The molecular weight excluding hydrogens is 213 g/mol. The van der Waals surface area contributed by atoms with Gasteiger partial charge in [-0.15, -0.1) is 0 Å². The first-order valence-corrected chi connectivity index (χ1v) is 6.70. The van der Waals surface area contributed by atoms with Crippen molar-refractivity contribution in [1.29, 1.82) is 0 Å². The number of benzene rings is 1. The summed E-state index contributed by atoms with van der Waals surface area (Å²) in [4.78, 5) is 0. The van der Waals surface area contributed by atoms with Gasteiger partial charge in [0.15, 0.2) is 0 Å². The molecule has 1 spiro atoms. The fourth-order valence-electron chi connectivity index (χ4n) is 4.00. The molecule has 0 bridgehead atoms. The molecule has 0 amide bonds. The van der Waals surface area contributed by atoms with Gasteiger partial charge < -0.3 is 5.32 Å². The Bertz CT molecular complexity index is 421. The number of nitrogens with one attached hydrogen (secondary N) is 1. The average Bonchev–Trinajstić information content (AvgIpc) is 2.88. The SMILES string of the molecule is CNCC1CC2(CCCC2)c2ccc(F)cc21. The molecule has 92 valence electrons. The smallest absolute Gasteiger partial charge is 0.123 e. The Kier molecular flexibility index (Phi) is 2.70. The monoisotopic (exact) mass is 233 g/mol. The van der Waals surface area contributed by atoms with E-state index in [1.54, 1.807) is 12.1 Å². The van der Waals surface area contributed by atoms with E-state index in [9.17, 15) is 4.39 Å². The van der Waals surface area contributed by atoms with Crippen LogP contribution in [0.2, 0.25) is 0 Å². The van der Waals surface area contributed by atoms with E-state index < -0.39 is 0 Å². The van der Waals surface area contributed by atoms with Gasteiger partial charge in [0, 0.05) is 6.54 Å². The van der Waals surface area contributed by atoms with Crippen LogP contribution in [-0.2, 0) is 5.41 Å². The highest BCUT2D eigenvalue weighted by atomic mass is 19.1.